The van der Waals surface area contributed by atoms with Gasteiger partial charge in [-0.2, -0.15) is 4.31 Å². The minimum Gasteiger partial charge on any atom is -0.490 e. The molecule has 0 aliphatic rings. The monoisotopic (exact) mass is 521 g/mol. The summed E-state index contributed by atoms with van der Waals surface area (Å²) in [7, 11) is -1.25. The van der Waals surface area contributed by atoms with Gasteiger partial charge in [0.1, 0.15) is 5.60 Å². The first-order valence-electron chi connectivity index (χ1n) is 10.9. The van der Waals surface area contributed by atoms with E-state index in [1.165, 1.54) is 14.2 Å². The third kappa shape index (κ3) is 11.6. The van der Waals surface area contributed by atoms with E-state index >= 15 is 0 Å². The zero-order valence-corrected chi connectivity index (χ0v) is 21.6. The number of nitrogens with one attached hydrogen (secondary N) is 1. The lowest BCUT2D eigenvalue weighted by Gasteiger charge is -2.19. The van der Waals surface area contributed by atoms with Crippen LogP contribution in [0.5, 0.6) is 5.75 Å². The van der Waals surface area contributed by atoms with Gasteiger partial charge < -0.3 is 29.0 Å². The van der Waals surface area contributed by atoms with Crippen molar-refractivity contribution in [3.8, 4) is 5.75 Å². The maximum atomic E-state index is 12.7. The molecule has 0 fully saturated rings. The summed E-state index contributed by atoms with van der Waals surface area (Å²) in [4.78, 5) is 21.7. The van der Waals surface area contributed by atoms with Gasteiger partial charge in [0.15, 0.2) is 5.75 Å². The van der Waals surface area contributed by atoms with Crippen molar-refractivity contribution in [3.63, 3.8) is 0 Å². The molecule has 35 heavy (non-hydrogen) atoms. The number of benzene rings is 1. The van der Waals surface area contributed by atoms with E-state index < -0.39 is 26.6 Å². The van der Waals surface area contributed by atoms with Crippen molar-refractivity contribution in [2.24, 2.45) is 0 Å². The highest BCUT2D eigenvalue weighted by Crippen LogP contribution is 2.30. The topological polar surface area (TPSA) is 156 Å². The van der Waals surface area contributed by atoms with Gasteiger partial charge in [0, 0.05) is 32.3 Å². The second-order valence-corrected chi connectivity index (χ2v) is 10.2. The van der Waals surface area contributed by atoms with Crippen molar-refractivity contribution in [2.75, 3.05) is 66.9 Å². The number of nitrogens with zero attached hydrogens (tertiary/aromatic N) is 2. The summed E-state index contributed by atoms with van der Waals surface area (Å²) >= 11 is 0. The molecule has 0 bridgehead atoms. The molecule has 1 N–H and O–H groups in total. The Morgan fingerprint density at radius 3 is 2.17 bits per heavy atom. The molecule has 14 heteroatoms. The van der Waals surface area contributed by atoms with Gasteiger partial charge in [0.2, 0.25) is 10.0 Å². The number of sulfonamides is 1. The first kappa shape index (κ1) is 30.5. The predicted octanol–water partition coefficient (Wildman–Crippen LogP) is 1.80. The molecule has 0 aliphatic heterocycles. The van der Waals surface area contributed by atoms with E-state index in [-0.39, 0.29) is 36.1 Å². The molecule has 0 saturated carbocycles. The van der Waals surface area contributed by atoms with Crippen LogP contribution in [0.3, 0.4) is 0 Å². The number of carbonyl (C=O) groups is 1. The molecule has 0 saturated heterocycles. The van der Waals surface area contributed by atoms with Crippen molar-refractivity contribution >= 4 is 21.8 Å². The minimum absolute atomic E-state index is 0.0788. The zero-order chi connectivity index (χ0) is 26.5. The average molecular weight is 522 g/mol. The van der Waals surface area contributed by atoms with Gasteiger partial charge in [0.05, 0.1) is 56.6 Å². The van der Waals surface area contributed by atoms with Crippen LogP contribution in [0.2, 0.25) is 0 Å². The lowest BCUT2D eigenvalue weighted by Crippen LogP contribution is -2.34. The quantitative estimate of drug-likeness (QED) is 0.193. The Balaban J connectivity index is 2.18. The van der Waals surface area contributed by atoms with E-state index in [0.717, 1.165) is 22.5 Å². The summed E-state index contributed by atoms with van der Waals surface area (Å²) < 4.78 is 52.5. The molecule has 0 radical (unpaired) electrons. The SMILES string of the molecule is COc1cc(S(=O)(=O)N(C)CCOCCOCCOCCNC(=O)OC(C)(C)C)ccc1[N+](=O)[O-]. The summed E-state index contributed by atoms with van der Waals surface area (Å²) in [5.74, 6) is -0.138. The molecule has 0 aliphatic carbocycles. The standard InChI is InChI=1S/C21H35N3O10S/c1-21(2,3)34-20(25)22-8-10-31-12-14-33-15-13-32-11-9-23(4)35(28,29)17-6-7-18(24(26)27)19(16-17)30-5/h6-7,16H,8-15H2,1-5H3,(H,22,25). The van der Waals surface area contributed by atoms with Gasteiger partial charge in [-0.05, 0) is 26.8 Å². The van der Waals surface area contributed by atoms with Crippen molar-refractivity contribution in [1.29, 1.82) is 0 Å². The van der Waals surface area contributed by atoms with Crippen LogP contribution in [0.15, 0.2) is 23.1 Å². The Morgan fingerprint density at radius 1 is 1.06 bits per heavy atom. The number of methoxy groups -OCH3 is 1. The predicted molar refractivity (Wildman–Crippen MR) is 126 cm³/mol. The van der Waals surface area contributed by atoms with Crippen molar-refractivity contribution in [2.45, 2.75) is 31.3 Å². The van der Waals surface area contributed by atoms with Crippen LogP contribution >= 0.6 is 0 Å². The van der Waals surface area contributed by atoms with Crippen LogP contribution in [-0.2, 0) is 29.0 Å². The van der Waals surface area contributed by atoms with Gasteiger partial charge in [-0.1, -0.05) is 0 Å². The van der Waals surface area contributed by atoms with E-state index in [4.69, 9.17) is 23.7 Å². The lowest BCUT2D eigenvalue weighted by molar-refractivity contribution is -0.385. The number of ether oxygens (including phenoxy) is 5. The highest BCUT2D eigenvalue weighted by atomic mass is 32.2. The lowest BCUT2D eigenvalue weighted by atomic mass is 10.2. The summed E-state index contributed by atoms with van der Waals surface area (Å²) in [6.45, 7) is 7.45. The summed E-state index contributed by atoms with van der Waals surface area (Å²) in [5.41, 5.74) is -0.869. The first-order valence-corrected chi connectivity index (χ1v) is 12.3. The van der Waals surface area contributed by atoms with Crippen LogP contribution in [0.1, 0.15) is 20.8 Å². The van der Waals surface area contributed by atoms with Crippen LogP contribution in [0.4, 0.5) is 10.5 Å². The van der Waals surface area contributed by atoms with Crippen LogP contribution < -0.4 is 10.1 Å². The fraction of sp³-hybridized carbons (Fsp3) is 0.667. The van der Waals surface area contributed by atoms with E-state index in [1.54, 1.807) is 20.8 Å². The van der Waals surface area contributed by atoms with Crippen molar-refractivity contribution < 1.29 is 41.8 Å². The van der Waals surface area contributed by atoms with Crippen LogP contribution in [-0.4, -0.2) is 96.2 Å². The van der Waals surface area contributed by atoms with Gasteiger partial charge in [0.25, 0.3) is 0 Å². The van der Waals surface area contributed by atoms with Gasteiger partial charge >= 0.3 is 11.8 Å². The Morgan fingerprint density at radius 2 is 1.63 bits per heavy atom. The molecule has 0 unspecified atom stereocenters. The smallest absolute Gasteiger partial charge is 0.407 e. The Hall–Kier alpha value is -2.52. The molecular formula is C21H35N3O10S. The van der Waals surface area contributed by atoms with E-state index in [0.29, 0.717) is 33.0 Å². The molecule has 13 nitrogen and oxygen atoms in total. The number of nitro benzene ring substituents is 1. The van der Waals surface area contributed by atoms with Gasteiger partial charge in [-0.15, -0.1) is 0 Å². The molecule has 1 aromatic rings. The molecule has 200 valence electrons. The number of alkyl carbamates (subject to hydrolysis) is 1. The van der Waals surface area contributed by atoms with Crippen LogP contribution in [0, 0.1) is 10.1 Å². The number of nitro groups is 1. The molecular weight excluding hydrogens is 486 g/mol. The number of likely N-dealkylation sites (N-methyl/N-ethyl adjacent to an activating group) is 1. The largest absolute Gasteiger partial charge is 0.490 e. The number of hydrogen-bond acceptors (Lipinski definition) is 10. The second kappa shape index (κ2) is 14.8. The highest BCUT2D eigenvalue weighted by molar-refractivity contribution is 7.89. The molecule has 0 spiro atoms. The maximum absolute atomic E-state index is 12.7. The zero-order valence-electron chi connectivity index (χ0n) is 20.8. The van der Waals surface area contributed by atoms with E-state index in [9.17, 15) is 23.3 Å². The Kier molecular flexibility index (Phi) is 12.9. The summed E-state index contributed by atoms with van der Waals surface area (Å²) in [6, 6.07) is 3.37. The minimum atomic E-state index is -3.87. The third-order valence-corrected chi connectivity index (χ3v) is 6.12. The van der Waals surface area contributed by atoms with Crippen molar-refractivity contribution in [3.05, 3.63) is 28.3 Å². The van der Waals surface area contributed by atoms with Crippen LogP contribution in [0.25, 0.3) is 0 Å². The number of amides is 1. The Labute approximate surface area is 205 Å². The number of carbonyl (C=O) groups excluding carboxylic acids is 1. The average Bonchev–Trinajstić information content (AvgIpc) is 2.77. The fourth-order valence-electron chi connectivity index (χ4n) is 2.54. The van der Waals surface area contributed by atoms with Gasteiger partial charge in [-0.25, -0.2) is 13.2 Å². The van der Waals surface area contributed by atoms with E-state index in [2.05, 4.69) is 5.32 Å². The third-order valence-electron chi connectivity index (χ3n) is 4.27. The Bertz CT molecular complexity index is 918. The molecule has 0 aromatic heterocycles. The summed E-state index contributed by atoms with van der Waals surface area (Å²) in [5, 5.41) is 13.6. The van der Waals surface area contributed by atoms with Crippen molar-refractivity contribution in [1.82, 2.24) is 9.62 Å². The molecule has 0 heterocycles. The van der Waals surface area contributed by atoms with Gasteiger partial charge in [-0.3, -0.25) is 10.1 Å². The first-order chi connectivity index (χ1) is 16.4. The normalized spacial score (nSPS) is 11.9. The molecule has 1 amide bonds. The second-order valence-electron chi connectivity index (χ2n) is 8.18. The van der Waals surface area contributed by atoms with E-state index in [1.807, 2.05) is 0 Å². The molecule has 0 atom stereocenters. The number of rotatable bonds is 16. The fourth-order valence-corrected chi connectivity index (χ4v) is 3.71. The summed E-state index contributed by atoms with van der Waals surface area (Å²) in [6.07, 6.45) is -0.500. The highest BCUT2D eigenvalue weighted by Gasteiger charge is 2.24. The number of hydrogen-bond donors (Lipinski definition) is 1. The maximum Gasteiger partial charge on any atom is 0.407 e. The molecule has 1 aromatic carbocycles. The molecule has 1 rings (SSSR count).